The van der Waals surface area contributed by atoms with Gasteiger partial charge in [-0.3, -0.25) is 5.84 Å². The van der Waals surface area contributed by atoms with E-state index in [-0.39, 0.29) is 11.9 Å². The van der Waals surface area contributed by atoms with Gasteiger partial charge in [0.1, 0.15) is 17.7 Å². The minimum Gasteiger partial charge on any atom is -0.333 e. The molecule has 2 aromatic rings. The summed E-state index contributed by atoms with van der Waals surface area (Å²) in [4.78, 5) is 4.33. The molecule has 0 spiro atoms. The van der Waals surface area contributed by atoms with E-state index < -0.39 is 0 Å². The summed E-state index contributed by atoms with van der Waals surface area (Å²) >= 11 is 0. The van der Waals surface area contributed by atoms with E-state index in [2.05, 4.69) is 17.3 Å². The molecule has 102 valence electrons. The largest absolute Gasteiger partial charge is 0.333 e. The standard InChI is InChI=1S/C14H19FN4/c1-3-7-19-8-6-17-14(19)13(18-16)11-5-4-10(2)12(15)9-11/h4-6,8-9,13,18H,3,7,16H2,1-2H3. The van der Waals surface area contributed by atoms with Crippen LogP contribution in [0.2, 0.25) is 0 Å². The Hall–Kier alpha value is -1.72. The van der Waals surface area contributed by atoms with Gasteiger partial charge in [-0.25, -0.2) is 14.8 Å². The fraction of sp³-hybridized carbons (Fsp3) is 0.357. The molecular formula is C14H19FN4. The average Bonchev–Trinajstić information content (AvgIpc) is 2.83. The van der Waals surface area contributed by atoms with Crippen LogP contribution in [-0.4, -0.2) is 9.55 Å². The first-order chi connectivity index (χ1) is 9.17. The van der Waals surface area contributed by atoms with Crippen LogP contribution in [0, 0.1) is 12.7 Å². The molecule has 1 aromatic carbocycles. The molecule has 2 rings (SSSR count). The van der Waals surface area contributed by atoms with Crippen LogP contribution in [0.15, 0.2) is 30.6 Å². The van der Waals surface area contributed by atoms with Crippen molar-refractivity contribution in [3.8, 4) is 0 Å². The van der Waals surface area contributed by atoms with E-state index in [0.717, 1.165) is 24.4 Å². The summed E-state index contributed by atoms with van der Waals surface area (Å²) in [5.41, 5.74) is 4.11. The van der Waals surface area contributed by atoms with Gasteiger partial charge in [0.2, 0.25) is 0 Å². The lowest BCUT2D eigenvalue weighted by molar-refractivity contribution is 0.540. The lowest BCUT2D eigenvalue weighted by atomic mass is 10.0. The second-order valence-corrected chi connectivity index (χ2v) is 4.59. The van der Waals surface area contributed by atoms with E-state index in [1.807, 2.05) is 16.8 Å². The summed E-state index contributed by atoms with van der Waals surface area (Å²) in [6.07, 6.45) is 4.65. The number of aryl methyl sites for hydroxylation is 2. The molecule has 0 radical (unpaired) electrons. The van der Waals surface area contributed by atoms with Crippen LogP contribution in [-0.2, 0) is 6.54 Å². The third-order valence-electron chi connectivity index (χ3n) is 3.17. The molecule has 0 saturated carbocycles. The molecule has 0 aliphatic rings. The van der Waals surface area contributed by atoms with E-state index in [9.17, 15) is 4.39 Å². The van der Waals surface area contributed by atoms with Crippen molar-refractivity contribution in [2.75, 3.05) is 0 Å². The Balaban J connectivity index is 2.38. The summed E-state index contributed by atoms with van der Waals surface area (Å²) in [6.45, 7) is 4.70. The van der Waals surface area contributed by atoms with Crippen molar-refractivity contribution < 1.29 is 4.39 Å². The number of hydrazine groups is 1. The van der Waals surface area contributed by atoms with E-state index in [1.165, 1.54) is 6.07 Å². The van der Waals surface area contributed by atoms with Crippen molar-refractivity contribution in [3.05, 3.63) is 53.4 Å². The molecule has 1 aromatic heterocycles. The summed E-state index contributed by atoms with van der Waals surface area (Å²) < 4.78 is 15.7. The van der Waals surface area contributed by atoms with Gasteiger partial charge in [0, 0.05) is 18.9 Å². The van der Waals surface area contributed by atoms with Gasteiger partial charge >= 0.3 is 0 Å². The average molecular weight is 262 g/mol. The van der Waals surface area contributed by atoms with Crippen LogP contribution in [0.4, 0.5) is 4.39 Å². The lowest BCUT2D eigenvalue weighted by Crippen LogP contribution is -2.31. The minimum atomic E-state index is -0.309. The zero-order valence-electron chi connectivity index (χ0n) is 11.2. The number of nitrogens with one attached hydrogen (secondary N) is 1. The van der Waals surface area contributed by atoms with Gasteiger partial charge in [0.15, 0.2) is 0 Å². The number of nitrogens with two attached hydrogens (primary N) is 1. The molecule has 1 atom stereocenters. The van der Waals surface area contributed by atoms with Crippen molar-refractivity contribution in [2.24, 2.45) is 5.84 Å². The van der Waals surface area contributed by atoms with Crippen LogP contribution < -0.4 is 11.3 Å². The number of benzene rings is 1. The second kappa shape index (κ2) is 5.95. The molecule has 0 amide bonds. The molecule has 19 heavy (non-hydrogen) atoms. The third kappa shape index (κ3) is 2.83. The fourth-order valence-corrected chi connectivity index (χ4v) is 2.12. The number of aromatic nitrogens is 2. The van der Waals surface area contributed by atoms with Gasteiger partial charge in [-0.1, -0.05) is 19.1 Å². The highest BCUT2D eigenvalue weighted by atomic mass is 19.1. The first kappa shape index (κ1) is 13.7. The highest BCUT2D eigenvalue weighted by Gasteiger charge is 2.18. The first-order valence-electron chi connectivity index (χ1n) is 6.40. The molecule has 1 unspecified atom stereocenters. The quantitative estimate of drug-likeness (QED) is 0.642. The number of halogens is 1. The van der Waals surface area contributed by atoms with Crippen molar-refractivity contribution in [2.45, 2.75) is 32.9 Å². The second-order valence-electron chi connectivity index (χ2n) is 4.59. The van der Waals surface area contributed by atoms with Crippen molar-refractivity contribution in [1.82, 2.24) is 15.0 Å². The molecule has 5 heteroatoms. The molecule has 0 aliphatic heterocycles. The molecule has 0 aliphatic carbocycles. The zero-order valence-corrected chi connectivity index (χ0v) is 11.2. The maximum atomic E-state index is 13.7. The van der Waals surface area contributed by atoms with Crippen molar-refractivity contribution in [1.29, 1.82) is 0 Å². The maximum Gasteiger partial charge on any atom is 0.131 e. The summed E-state index contributed by atoms with van der Waals surface area (Å²) in [5.74, 6) is 6.19. The minimum absolute atomic E-state index is 0.230. The predicted molar refractivity (Wildman–Crippen MR) is 72.8 cm³/mol. The summed E-state index contributed by atoms with van der Waals surface area (Å²) in [7, 11) is 0. The number of hydrogen-bond donors (Lipinski definition) is 2. The van der Waals surface area contributed by atoms with Gasteiger partial charge in [-0.15, -0.1) is 0 Å². The Morgan fingerprint density at radius 2 is 2.26 bits per heavy atom. The molecule has 4 nitrogen and oxygen atoms in total. The van der Waals surface area contributed by atoms with Crippen LogP contribution >= 0.6 is 0 Å². The van der Waals surface area contributed by atoms with E-state index in [1.54, 1.807) is 19.2 Å². The molecule has 1 heterocycles. The Bertz CT molecular complexity index is 550. The molecular weight excluding hydrogens is 243 g/mol. The van der Waals surface area contributed by atoms with Crippen LogP contribution in [0.25, 0.3) is 0 Å². The smallest absolute Gasteiger partial charge is 0.131 e. The highest BCUT2D eigenvalue weighted by molar-refractivity contribution is 5.29. The monoisotopic (exact) mass is 262 g/mol. The topological polar surface area (TPSA) is 55.9 Å². The van der Waals surface area contributed by atoms with Crippen LogP contribution in [0.3, 0.4) is 0 Å². The van der Waals surface area contributed by atoms with E-state index >= 15 is 0 Å². The summed E-state index contributed by atoms with van der Waals surface area (Å²) in [5, 5.41) is 0. The Labute approximate surface area is 112 Å². The Kier molecular flexibility index (Phi) is 4.29. The van der Waals surface area contributed by atoms with Gasteiger partial charge in [0.25, 0.3) is 0 Å². The number of rotatable bonds is 5. The van der Waals surface area contributed by atoms with Gasteiger partial charge in [-0.2, -0.15) is 0 Å². The molecule has 0 saturated heterocycles. The van der Waals surface area contributed by atoms with E-state index in [0.29, 0.717) is 5.56 Å². The van der Waals surface area contributed by atoms with Gasteiger partial charge in [0.05, 0.1) is 0 Å². The SMILES string of the molecule is CCCn1ccnc1C(NN)c1ccc(C)c(F)c1. The molecule has 0 bridgehead atoms. The van der Waals surface area contributed by atoms with Crippen LogP contribution in [0.1, 0.15) is 36.3 Å². The zero-order chi connectivity index (χ0) is 13.8. The normalized spacial score (nSPS) is 12.6. The Morgan fingerprint density at radius 1 is 1.47 bits per heavy atom. The molecule has 3 N–H and O–H groups in total. The van der Waals surface area contributed by atoms with E-state index in [4.69, 9.17) is 5.84 Å². The molecule has 0 fully saturated rings. The highest BCUT2D eigenvalue weighted by Crippen LogP contribution is 2.22. The number of imidazole rings is 1. The number of nitrogens with zero attached hydrogens (tertiary/aromatic N) is 2. The maximum absolute atomic E-state index is 13.7. The van der Waals surface area contributed by atoms with Gasteiger partial charge < -0.3 is 4.57 Å². The van der Waals surface area contributed by atoms with Crippen molar-refractivity contribution in [3.63, 3.8) is 0 Å². The van der Waals surface area contributed by atoms with Crippen molar-refractivity contribution >= 4 is 0 Å². The van der Waals surface area contributed by atoms with Crippen LogP contribution in [0.5, 0.6) is 0 Å². The Morgan fingerprint density at radius 3 is 2.89 bits per heavy atom. The fourth-order valence-electron chi connectivity index (χ4n) is 2.12. The third-order valence-corrected chi connectivity index (χ3v) is 3.17. The lowest BCUT2D eigenvalue weighted by Gasteiger charge is -2.18. The number of hydrogen-bond acceptors (Lipinski definition) is 3. The van der Waals surface area contributed by atoms with Gasteiger partial charge in [-0.05, 0) is 30.5 Å². The first-order valence-corrected chi connectivity index (χ1v) is 6.40. The predicted octanol–water partition coefficient (Wildman–Crippen LogP) is 2.29. The summed E-state index contributed by atoms with van der Waals surface area (Å²) in [6, 6.07) is 4.82.